The summed E-state index contributed by atoms with van der Waals surface area (Å²) in [6.45, 7) is 9.79. The predicted molar refractivity (Wildman–Crippen MR) is 172 cm³/mol. The van der Waals surface area contributed by atoms with Crippen LogP contribution < -0.4 is 9.80 Å². The molecule has 0 spiro atoms. The van der Waals surface area contributed by atoms with Gasteiger partial charge in [-0.1, -0.05) is 0 Å². The fourth-order valence-corrected chi connectivity index (χ4v) is 7.80. The van der Waals surface area contributed by atoms with Crippen molar-refractivity contribution in [2.75, 3.05) is 88.6 Å². The highest BCUT2D eigenvalue weighted by atomic mass is 32.2. The first-order valence-corrected chi connectivity index (χ1v) is 17.1. The van der Waals surface area contributed by atoms with Crippen molar-refractivity contribution in [3.63, 3.8) is 0 Å². The van der Waals surface area contributed by atoms with E-state index >= 15 is 0 Å². The second-order valence-electron chi connectivity index (χ2n) is 11.3. The number of morpholine rings is 2. The molecular weight excluding hydrogens is 600 g/mol. The van der Waals surface area contributed by atoms with Crippen molar-refractivity contribution in [1.82, 2.24) is 9.21 Å². The van der Waals surface area contributed by atoms with Crippen LogP contribution in [0.1, 0.15) is 32.3 Å². The number of anilines is 2. The van der Waals surface area contributed by atoms with Crippen molar-refractivity contribution in [3.05, 3.63) is 52.1 Å². The van der Waals surface area contributed by atoms with Crippen molar-refractivity contribution in [2.45, 2.75) is 31.6 Å². The first-order valence-electron chi connectivity index (χ1n) is 15.6. The first kappa shape index (κ1) is 32.8. The minimum atomic E-state index is -3.85. The predicted octanol–water partition coefficient (Wildman–Crippen LogP) is 3.29. The Morgan fingerprint density at radius 3 is 2.31 bits per heavy atom. The Morgan fingerprint density at radius 1 is 0.978 bits per heavy atom. The minimum absolute atomic E-state index is 0.0776. The number of sulfonamides is 1. The molecule has 0 saturated carbocycles. The second-order valence-corrected chi connectivity index (χ2v) is 13.2. The van der Waals surface area contributed by atoms with Gasteiger partial charge in [-0.05, 0) is 51.0 Å². The van der Waals surface area contributed by atoms with Crippen LogP contribution in [0.25, 0.3) is 0 Å². The van der Waals surface area contributed by atoms with Gasteiger partial charge in [-0.2, -0.15) is 4.31 Å². The van der Waals surface area contributed by atoms with E-state index in [2.05, 4.69) is 9.89 Å². The molecule has 5 rings (SSSR count). The molecule has 0 unspecified atom stereocenters. The molecule has 13 nitrogen and oxygen atoms in total. The zero-order valence-corrected chi connectivity index (χ0v) is 26.8. The van der Waals surface area contributed by atoms with E-state index < -0.39 is 14.9 Å². The largest absolute Gasteiger partial charge is 0.379 e. The summed E-state index contributed by atoms with van der Waals surface area (Å²) in [5.41, 5.74) is 2.19. The molecule has 45 heavy (non-hydrogen) atoms. The van der Waals surface area contributed by atoms with Crippen LogP contribution in [0.15, 0.2) is 46.3 Å². The third kappa shape index (κ3) is 7.46. The molecular formula is C31H42N6O7S. The van der Waals surface area contributed by atoms with Crippen LogP contribution in [0.2, 0.25) is 0 Å². The summed E-state index contributed by atoms with van der Waals surface area (Å²) < 4.78 is 40.1. The number of aliphatic imine (C=N–C) groups is 1. The monoisotopic (exact) mass is 642 g/mol. The fourth-order valence-electron chi connectivity index (χ4n) is 6.16. The highest BCUT2D eigenvalue weighted by molar-refractivity contribution is 7.89. The van der Waals surface area contributed by atoms with Crippen LogP contribution in [0.3, 0.4) is 0 Å². The normalized spacial score (nSPS) is 20.0. The molecule has 0 aromatic heterocycles. The summed E-state index contributed by atoms with van der Waals surface area (Å²) in [7, 11) is -3.85. The van der Waals surface area contributed by atoms with Gasteiger partial charge < -0.3 is 24.2 Å². The van der Waals surface area contributed by atoms with Gasteiger partial charge in [0.1, 0.15) is 4.90 Å². The summed E-state index contributed by atoms with van der Waals surface area (Å²) in [5.74, 6) is -0.0458. The Kier molecular flexibility index (Phi) is 10.7. The lowest BCUT2D eigenvalue weighted by Gasteiger charge is -2.36. The van der Waals surface area contributed by atoms with E-state index in [1.165, 1.54) is 16.4 Å². The lowest BCUT2D eigenvalue weighted by atomic mass is 9.95. The number of ether oxygens (including phenoxy) is 2. The van der Waals surface area contributed by atoms with E-state index in [9.17, 15) is 23.3 Å². The van der Waals surface area contributed by atoms with Crippen LogP contribution in [0.4, 0.5) is 22.7 Å². The number of benzene rings is 2. The molecule has 1 amide bonds. The third-order valence-electron chi connectivity index (χ3n) is 8.64. The number of nitro groups is 1. The average Bonchev–Trinajstić information content (AvgIpc) is 3.08. The molecule has 0 aliphatic carbocycles. The van der Waals surface area contributed by atoms with Gasteiger partial charge in [0.05, 0.1) is 48.6 Å². The zero-order valence-electron chi connectivity index (χ0n) is 26.0. The number of piperidine rings is 1. The Morgan fingerprint density at radius 2 is 1.64 bits per heavy atom. The summed E-state index contributed by atoms with van der Waals surface area (Å²) >= 11 is 0. The molecule has 3 aliphatic rings. The lowest BCUT2D eigenvalue weighted by molar-refractivity contribution is -0.384. The topological polar surface area (TPSA) is 138 Å². The van der Waals surface area contributed by atoms with Gasteiger partial charge in [-0.3, -0.25) is 19.9 Å². The van der Waals surface area contributed by atoms with E-state index in [0.717, 1.165) is 18.5 Å². The number of nitrogens with zero attached hydrogens (tertiary/aromatic N) is 6. The van der Waals surface area contributed by atoms with Crippen molar-refractivity contribution in [2.24, 2.45) is 10.9 Å². The number of amides is 1. The Labute approximate surface area is 264 Å². The quantitative estimate of drug-likeness (QED) is 0.217. The van der Waals surface area contributed by atoms with Gasteiger partial charge >= 0.3 is 0 Å². The van der Waals surface area contributed by atoms with Crippen LogP contribution in [-0.4, -0.2) is 113 Å². The molecule has 3 aliphatic heterocycles. The van der Waals surface area contributed by atoms with Gasteiger partial charge in [0.2, 0.25) is 15.9 Å². The van der Waals surface area contributed by atoms with Gasteiger partial charge in [0.15, 0.2) is 0 Å². The first-order chi connectivity index (χ1) is 21.7. The Hall–Kier alpha value is -3.59. The van der Waals surface area contributed by atoms with Gasteiger partial charge in [0.25, 0.3) is 5.69 Å². The van der Waals surface area contributed by atoms with Crippen LogP contribution in [-0.2, 0) is 24.3 Å². The lowest BCUT2D eigenvalue weighted by Crippen LogP contribution is -2.45. The van der Waals surface area contributed by atoms with Crippen molar-refractivity contribution in [3.8, 4) is 0 Å². The van der Waals surface area contributed by atoms with Gasteiger partial charge in [-0.25, -0.2) is 8.42 Å². The number of nitro benzene ring substituents is 1. The average molecular weight is 643 g/mol. The molecule has 3 fully saturated rings. The number of hydrogen-bond acceptors (Lipinski definition) is 10. The van der Waals surface area contributed by atoms with Crippen LogP contribution >= 0.6 is 0 Å². The smallest absolute Gasteiger partial charge is 0.270 e. The Bertz CT molecular complexity index is 1500. The maximum absolute atomic E-state index is 13.9. The molecule has 0 N–H and O–H groups in total. The molecule has 0 bridgehead atoms. The number of rotatable bonds is 10. The zero-order chi connectivity index (χ0) is 32.0. The number of hydrogen-bond donors (Lipinski definition) is 0. The summed E-state index contributed by atoms with van der Waals surface area (Å²) in [6, 6.07) is 9.75. The van der Waals surface area contributed by atoms with E-state index in [-0.39, 0.29) is 35.5 Å². The molecule has 3 heterocycles. The van der Waals surface area contributed by atoms with Crippen LogP contribution in [0, 0.1) is 16.0 Å². The highest BCUT2D eigenvalue weighted by Gasteiger charge is 2.32. The number of non-ortho nitro benzene ring substituents is 1. The maximum atomic E-state index is 13.9. The third-order valence-corrected chi connectivity index (χ3v) is 10.6. The SMILES string of the molecule is CCN(CC)C(=O)[C@H]1CCCN(c2ccc([N+](=O)[O-])cc2C=Nc2ccc(N3CCOCC3)c(S(=O)(=O)N3CCOCC3)c2)C1. The second kappa shape index (κ2) is 14.7. The van der Waals surface area contributed by atoms with Crippen molar-refractivity contribution >= 4 is 44.9 Å². The molecule has 3 saturated heterocycles. The highest BCUT2D eigenvalue weighted by Crippen LogP contribution is 2.34. The molecule has 14 heteroatoms. The Balaban J connectivity index is 1.49. The van der Waals surface area contributed by atoms with Crippen molar-refractivity contribution in [1.29, 1.82) is 0 Å². The van der Waals surface area contributed by atoms with E-state index in [0.29, 0.717) is 82.6 Å². The molecule has 2 aromatic rings. The van der Waals surface area contributed by atoms with E-state index in [1.807, 2.05) is 23.6 Å². The fraction of sp³-hybridized carbons (Fsp3) is 0.548. The van der Waals surface area contributed by atoms with E-state index in [4.69, 9.17) is 9.47 Å². The number of carbonyl (C=O) groups excluding carboxylic acids is 1. The molecule has 0 radical (unpaired) electrons. The minimum Gasteiger partial charge on any atom is -0.379 e. The van der Waals surface area contributed by atoms with Crippen LogP contribution in [0.5, 0.6) is 0 Å². The molecule has 1 atom stereocenters. The summed E-state index contributed by atoms with van der Waals surface area (Å²) in [6.07, 6.45) is 3.15. The standard InChI is InChI=1S/C31H42N6O7S/c1-3-33(4-2)31(38)24-6-5-11-35(23-24)28-10-8-27(37(39)40)20-25(28)22-32-26-7-9-29(34-12-16-43-17-13-34)30(21-26)45(41,42)36-14-18-44-19-15-36/h7-10,20-22,24H,3-6,11-19,23H2,1-2H3/t24-/m0/s1. The van der Waals surface area contributed by atoms with Gasteiger partial charge in [-0.15, -0.1) is 0 Å². The van der Waals surface area contributed by atoms with Crippen molar-refractivity contribution < 1.29 is 27.6 Å². The number of carbonyl (C=O) groups is 1. The van der Waals surface area contributed by atoms with Gasteiger partial charge in [0, 0.05) is 82.0 Å². The molecule has 244 valence electrons. The maximum Gasteiger partial charge on any atom is 0.270 e. The van der Waals surface area contributed by atoms with E-state index in [1.54, 1.807) is 30.5 Å². The summed E-state index contributed by atoms with van der Waals surface area (Å²) in [5, 5.41) is 11.7. The summed E-state index contributed by atoms with van der Waals surface area (Å²) in [4.78, 5) is 35.2. The molecule has 2 aromatic carbocycles.